The number of Topliss-reactive ketones (excluding diaryl/α,β-unsaturated/α-hetero) is 1. The normalized spacial score (nSPS) is 16.6. The molecule has 2 aliphatic rings. The first-order valence-electron chi connectivity index (χ1n) is 4.68. The Labute approximate surface area is 99.2 Å². The molecule has 0 aromatic rings. The van der Waals surface area contributed by atoms with E-state index in [4.69, 9.17) is 23.4 Å². The summed E-state index contributed by atoms with van der Waals surface area (Å²) in [5.41, 5.74) is 1.67. The van der Waals surface area contributed by atoms with Gasteiger partial charge in [-0.3, -0.25) is 28.2 Å². The van der Waals surface area contributed by atoms with Crippen LogP contribution in [0.15, 0.2) is 35.5 Å². The Hall–Kier alpha value is -1.21. The molecule has 0 saturated carbocycles. The number of carbonyl (C=O) groups is 1. The van der Waals surface area contributed by atoms with Crippen molar-refractivity contribution in [3.8, 4) is 0 Å². The van der Waals surface area contributed by atoms with Crippen LogP contribution in [0.3, 0.4) is 0 Å². The number of hydrazine groups is 4. The fraction of sp³-hybridized carbons (Fsp3) is 0. The van der Waals surface area contributed by atoms with Crippen molar-refractivity contribution < 1.29 is 4.79 Å². The van der Waals surface area contributed by atoms with E-state index in [2.05, 4.69) is 20.4 Å². The van der Waals surface area contributed by atoms with E-state index in [-0.39, 0.29) is 5.78 Å². The third-order valence-corrected chi connectivity index (χ3v) is 4.01. The van der Waals surface area contributed by atoms with Gasteiger partial charge in [-0.1, -0.05) is 24.3 Å². The van der Waals surface area contributed by atoms with Crippen LogP contribution >= 0.6 is 0 Å². The van der Waals surface area contributed by atoms with Gasteiger partial charge in [0, 0.05) is 11.1 Å². The first kappa shape index (κ1) is 13.9. The number of nitrogens with two attached hydrogens (primary N) is 4. The monoisotopic (exact) mass is 256 g/mol. The molecule has 0 aromatic carbocycles. The SMILES string of the molecule is NN[Si](NN)(NN)NN.O=C1C2=CC=C1C=C2. The average molecular weight is 256 g/mol. The molecule has 94 valence electrons. The van der Waals surface area contributed by atoms with Crippen LogP contribution in [0.4, 0.5) is 0 Å². The number of nitrogens with one attached hydrogen (secondary N) is 4. The molecule has 9 nitrogen and oxygen atoms in total. The number of rotatable bonds is 4. The lowest BCUT2D eigenvalue weighted by Gasteiger charge is -2.25. The molecule has 2 bridgehead atoms. The predicted molar refractivity (Wildman–Crippen MR) is 65.4 cm³/mol. The van der Waals surface area contributed by atoms with E-state index in [1.165, 1.54) is 0 Å². The highest BCUT2D eigenvalue weighted by molar-refractivity contribution is 6.69. The molecule has 0 saturated heterocycles. The molecule has 0 aliphatic heterocycles. The molecule has 0 radical (unpaired) electrons. The summed E-state index contributed by atoms with van der Waals surface area (Å²) in [6, 6.07) is 0. The standard InChI is InChI=1S/C7H4O.H12N8Si/c8-7-5-1-2-6(7)4-3-5;1-5-9(6-2,7-3)8-4/h1-4H;5-8H,1-4H2. The summed E-state index contributed by atoms with van der Waals surface area (Å²) in [6.07, 6.45) is 7.38. The van der Waals surface area contributed by atoms with E-state index in [0.717, 1.165) is 11.1 Å². The third kappa shape index (κ3) is 2.92. The maximum Gasteiger partial charge on any atom is 0.420 e. The van der Waals surface area contributed by atoms with Crippen LogP contribution < -0.4 is 43.7 Å². The molecule has 0 atom stereocenters. The third-order valence-electron chi connectivity index (χ3n) is 2.28. The summed E-state index contributed by atoms with van der Waals surface area (Å²) < 4.78 is 0. The second-order valence-corrected chi connectivity index (χ2v) is 5.89. The van der Waals surface area contributed by atoms with Crippen molar-refractivity contribution in [3.05, 3.63) is 35.5 Å². The Balaban J connectivity index is 0.000000170. The van der Waals surface area contributed by atoms with Crippen LogP contribution in [0.25, 0.3) is 0 Å². The summed E-state index contributed by atoms with van der Waals surface area (Å²) in [6.45, 7) is 0. The lowest BCUT2D eigenvalue weighted by Crippen LogP contribution is -2.86. The molecule has 2 aliphatic carbocycles. The Kier molecular flexibility index (Phi) is 4.82. The van der Waals surface area contributed by atoms with Gasteiger partial charge in [-0.2, -0.15) is 0 Å². The minimum Gasteiger partial charge on any atom is -0.289 e. The highest BCUT2D eigenvalue weighted by atomic mass is 28.4. The molecule has 0 heterocycles. The molecule has 0 unspecified atom stereocenters. The van der Waals surface area contributed by atoms with Gasteiger partial charge in [0.25, 0.3) is 0 Å². The lowest BCUT2D eigenvalue weighted by atomic mass is 10.2. The van der Waals surface area contributed by atoms with Crippen LogP contribution in [0.5, 0.6) is 0 Å². The number of allylic oxidation sites excluding steroid dienone is 6. The molecule has 0 amide bonds. The van der Waals surface area contributed by atoms with E-state index >= 15 is 0 Å². The maximum absolute atomic E-state index is 10.8. The summed E-state index contributed by atoms with van der Waals surface area (Å²) in [5, 5.41) is 9.18. The van der Waals surface area contributed by atoms with E-state index in [1.807, 2.05) is 24.3 Å². The molecule has 2 rings (SSSR count). The second-order valence-electron chi connectivity index (χ2n) is 3.23. The predicted octanol–water partition coefficient (Wildman–Crippen LogP) is -3.73. The van der Waals surface area contributed by atoms with Crippen LogP contribution in [-0.4, -0.2) is 14.5 Å². The first-order chi connectivity index (χ1) is 8.12. The van der Waals surface area contributed by atoms with E-state index in [0.29, 0.717) is 0 Å². The largest absolute Gasteiger partial charge is 0.420 e. The van der Waals surface area contributed by atoms with Crippen molar-refractivity contribution in [1.29, 1.82) is 0 Å². The smallest absolute Gasteiger partial charge is 0.289 e. The van der Waals surface area contributed by atoms with E-state index in [1.54, 1.807) is 0 Å². The topological polar surface area (TPSA) is 169 Å². The van der Waals surface area contributed by atoms with Gasteiger partial charge in [-0.05, 0) is 0 Å². The Morgan fingerprint density at radius 3 is 1.24 bits per heavy atom. The van der Waals surface area contributed by atoms with Crippen LogP contribution in [0, 0.1) is 0 Å². The van der Waals surface area contributed by atoms with Gasteiger partial charge in [0.15, 0.2) is 5.78 Å². The molecule has 12 N–H and O–H groups in total. The van der Waals surface area contributed by atoms with Crippen molar-refractivity contribution in [2.24, 2.45) is 23.4 Å². The average Bonchev–Trinajstić information content (AvgIpc) is 2.92. The summed E-state index contributed by atoms with van der Waals surface area (Å²) in [4.78, 5) is 10.8. The van der Waals surface area contributed by atoms with Crippen LogP contribution in [0.1, 0.15) is 0 Å². The van der Waals surface area contributed by atoms with Gasteiger partial charge in [0.1, 0.15) is 0 Å². The van der Waals surface area contributed by atoms with Gasteiger partial charge in [-0.15, -0.1) is 0 Å². The Bertz CT molecular complexity index is 344. The number of carbonyl (C=O) groups excluding carboxylic acids is 1. The Morgan fingerprint density at radius 2 is 1.18 bits per heavy atom. The molecule has 17 heavy (non-hydrogen) atoms. The number of fused-ring (bicyclic) bond motifs is 2. The molecule has 0 fully saturated rings. The fourth-order valence-corrected chi connectivity index (χ4v) is 1.69. The lowest BCUT2D eigenvalue weighted by molar-refractivity contribution is -0.111. The van der Waals surface area contributed by atoms with Gasteiger partial charge < -0.3 is 0 Å². The van der Waals surface area contributed by atoms with Crippen LogP contribution in [-0.2, 0) is 4.79 Å². The highest BCUT2D eigenvalue weighted by Crippen LogP contribution is 2.23. The molecule has 0 aromatic heterocycles. The molecular weight excluding hydrogens is 240 g/mol. The summed E-state index contributed by atoms with van der Waals surface area (Å²) in [5.74, 6) is 20.3. The number of hydrogen-bond acceptors (Lipinski definition) is 9. The van der Waals surface area contributed by atoms with Gasteiger partial charge in [0.2, 0.25) is 0 Å². The zero-order valence-electron chi connectivity index (χ0n) is 9.03. The number of ketones is 1. The quantitative estimate of drug-likeness (QED) is 0.143. The zero-order chi connectivity index (χ0) is 12.9. The van der Waals surface area contributed by atoms with Crippen molar-refractivity contribution >= 4 is 14.5 Å². The van der Waals surface area contributed by atoms with E-state index < -0.39 is 8.72 Å². The van der Waals surface area contributed by atoms with Crippen molar-refractivity contribution in [2.75, 3.05) is 0 Å². The zero-order valence-corrected chi connectivity index (χ0v) is 10.0. The maximum atomic E-state index is 10.8. The van der Waals surface area contributed by atoms with Gasteiger partial charge in [0.05, 0.1) is 0 Å². The Morgan fingerprint density at radius 1 is 0.824 bits per heavy atom. The first-order valence-corrected chi connectivity index (χ1v) is 6.68. The van der Waals surface area contributed by atoms with Crippen LogP contribution in [0.2, 0.25) is 0 Å². The van der Waals surface area contributed by atoms with Crippen molar-refractivity contribution in [2.45, 2.75) is 0 Å². The van der Waals surface area contributed by atoms with E-state index in [9.17, 15) is 4.79 Å². The summed E-state index contributed by atoms with van der Waals surface area (Å²) in [7, 11) is -2.58. The summed E-state index contributed by atoms with van der Waals surface area (Å²) >= 11 is 0. The minimum atomic E-state index is -2.58. The van der Waals surface area contributed by atoms with Gasteiger partial charge in [-0.25, -0.2) is 20.4 Å². The molecular formula is C7H16N8OSi. The van der Waals surface area contributed by atoms with Crippen molar-refractivity contribution in [1.82, 2.24) is 20.4 Å². The second kappa shape index (κ2) is 5.92. The highest BCUT2D eigenvalue weighted by Gasteiger charge is 2.29. The fourth-order valence-electron chi connectivity index (χ4n) is 1.19. The van der Waals surface area contributed by atoms with Gasteiger partial charge >= 0.3 is 8.72 Å². The van der Waals surface area contributed by atoms with Crippen molar-refractivity contribution in [3.63, 3.8) is 0 Å². The number of hydrogen-bond donors (Lipinski definition) is 8. The molecule has 0 spiro atoms. The molecule has 10 heteroatoms. The minimum absolute atomic E-state index is 0.185.